The van der Waals surface area contributed by atoms with Gasteiger partial charge in [0, 0.05) is 0 Å². The SMILES string of the molecule is CC(C)CNCC1CC1c1ccc2c(c1)OCCO2. The fraction of sp³-hybridized carbons (Fsp3) is 0.625. The highest BCUT2D eigenvalue weighted by atomic mass is 16.6. The molecule has 1 saturated carbocycles. The lowest BCUT2D eigenvalue weighted by atomic mass is 10.1. The number of ether oxygens (including phenoxy) is 2. The second-order valence-electron chi connectivity index (χ2n) is 6.06. The van der Waals surface area contributed by atoms with Crippen LogP contribution in [-0.4, -0.2) is 26.3 Å². The number of nitrogens with one attached hydrogen (secondary N) is 1. The molecule has 0 radical (unpaired) electrons. The molecule has 3 heteroatoms. The topological polar surface area (TPSA) is 30.5 Å². The molecule has 1 N–H and O–H groups in total. The van der Waals surface area contributed by atoms with Crippen molar-refractivity contribution in [3.63, 3.8) is 0 Å². The molecular weight excluding hydrogens is 238 g/mol. The second-order valence-corrected chi connectivity index (χ2v) is 6.06. The van der Waals surface area contributed by atoms with Crippen LogP contribution in [0.5, 0.6) is 11.5 Å². The molecule has 1 aliphatic carbocycles. The van der Waals surface area contributed by atoms with Crippen molar-refractivity contribution < 1.29 is 9.47 Å². The molecule has 0 aromatic heterocycles. The van der Waals surface area contributed by atoms with Gasteiger partial charge in [0.1, 0.15) is 13.2 Å². The fourth-order valence-corrected chi connectivity index (χ4v) is 2.73. The molecule has 1 aliphatic heterocycles. The molecule has 104 valence electrons. The minimum absolute atomic E-state index is 0.664. The maximum absolute atomic E-state index is 5.65. The summed E-state index contributed by atoms with van der Waals surface area (Å²) in [6, 6.07) is 6.42. The summed E-state index contributed by atoms with van der Waals surface area (Å²) in [6.45, 7) is 8.08. The van der Waals surface area contributed by atoms with Gasteiger partial charge in [-0.05, 0) is 55.0 Å². The lowest BCUT2D eigenvalue weighted by Gasteiger charge is -2.19. The van der Waals surface area contributed by atoms with Crippen molar-refractivity contribution in [2.75, 3.05) is 26.3 Å². The molecule has 1 fully saturated rings. The predicted octanol–water partition coefficient (Wildman–Crippen LogP) is 2.81. The standard InChI is InChI=1S/C16H23NO2/c1-11(2)9-17-10-13-7-14(13)12-3-4-15-16(8-12)19-6-5-18-15/h3-4,8,11,13-14,17H,5-7,9-10H2,1-2H3. The normalized spacial score (nSPS) is 24.6. The van der Waals surface area contributed by atoms with E-state index in [4.69, 9.17) is 9.47 Å². The van der Waals surface area contributed by atoms with Crippen LogP contribution < -0.4 is 14.8 Å². The summed E-state index contributed by atoms with van der Waals surface area (Å²) in [5.41, 5.74) is 1.40. The average Bonchev–Trinajstić information content (AvgIpc) is 3.17. The van der Waals surface area contributed by atoms with E-state index in [1.54, 1.807) is 0 Å². The van der Waals surface area contributed by atoms with Gasteiger partial charge in [-0.25, -0.2) is 0 Å². The van der Waals surface area contributed by atoms with Crippen LogP contribution in [-0.2, 0) is 0 Å². The van der Waals surface area contributed by atoms with Crippen molar-refractivity contribution in [2.24, 2.45) is 11.8 Å². The summed E-state index contributed by atoms with van der Waals surface area (Å²) in [4.78, 5) is 0. The first kappa shape index (κ1) is 12.8. The molecule has 1 heterocycles. The van der Waals surface area contributed by atoms with Gasteiger partial charge >= 0.3 is 0 Å². The Morgan fingerprint density at radius 1 is 1.21 bits per heavy atom. The summed E-state index contributed by atoms with van der Waals surface area (Å²) in [7, 11) is 0. The number of rotatable bonds is 5. The molecule has 1 aromatic rings. The van der Waals surface area contributed by atoms with Crippen LogP contribution in [0.3, 0.4) is 0 Å². The quantitative estimate of drug-likeness (QED) is 0.884. The van der Waals surface area contributed by atoms with Crippen LogP contribution in [0, 0.1) is 11.8 Å². The van der Waals surface area contributed by atoms with Gasteiger partial charge in [0.15, 0.2) is 11.5 Å². The highest BCUT2D eigenvalue weighted by Gasteiger charge is 2.38. The zero-order valence-corrected chi connectivity index (χ0v) is 11.8. The molecule has 2 atom stereocenters. The zero-order valence-electron chi connectivity index (χ0n) is 11.8. The summed E-state index contributed by atoms with van der Waals surface area (Å²) < 4.78 is 11.2. The first-order valence-electron chi connectivity index (χ1n) is 7.34. The minimum atomic E-state index is 0.664. The Morgan fingerprint density at radius 3 is 2.79 bits per heavy atom. The Balaban J connectivity index is 1.56. The Morgan fingerprint density at radius 2 is 2.00 bits per heavy atom. The van der Waals surface area contributed by atoms with Gasteiger partial charge in [0.05, 0.1) is 0 Å². The molecule has 0 saturated heterocycles. The van der Waals surface area contributed by atoms with E-state index in [1.165, 1.54) is 12.0 Å². The van der Waals surface area contributed by atoms with Crippen molar-refractivity contribution in [3.8, 4) is 11.5 Å². The highest BCUT2D eigenvalue weighted by molar-refractivity contribution is 5.46. The van der Waals surface area contributed by atoms with E-state index in [1.807, 2.05) is 0 Å². The van der Waals surface area contributed by atoms with Gasteiger partial charge in [-0.15, -0.1) is 0 Å². The van der Waals surface area contributed by atoms with Crippen molar-refractivity contribution in [3.05, 3.63) is 23.8 Å². The van der Waals surface area contributed by atoms with E-state index in [2.05, 4.69) is 37.4 Å². The predicted molar refractivity (Wildman–Crippen MR) is 76.0 cm³/mol. The van der Waals surface area contributed by atoms with E-state index >= 15 is 0 Å². The monoisotopic (exact) mass is 261 g/mol. The van der Waals surface area contributed by atoms with Crippen molar-refractivity contribution in [2.45, 2.75) is 26.2 Å². The highest BCUT2D eigenvalue weighted by Crippen LogP contribution is 2.48. The van der Waals surface area contributed by atoms with Gasteiger partial charge < -0.3 is 14.8 Å². The second kappa shape index (κ2) is 5.41. The fourth-order valence-electron chi connectivity index (χ4n) is 2.73. The van der Waals surface area contributed by atoms with Gasteiger partial charge in [-0.1, -0.05) is 19.9 Å². The number of hydrogen-bond acceptors (Lipinski definition) is 3. The Bertz CT molecular complexity index is 444. The molecule has 2 aliphatic rings. The van der Waals surface area contributed by atoms with E-state index in [0.717, 1.165) is 36.4 Å². The third-order valence-corrected chi connectivity index (χ3v) is 3.88. The van der Waals surface area contributed by atoms with Crippen LogP contribution in [0.25, 0.3) is 0 Å². The van der Waals surface area contributed by atoms with Crippen LogP contribution in [0.2, 0.25) is 0 Å². The third kappa shape index (κ3) is 3.03. The van der Waals surface area contributed by atoms with E-state index in [9.17, 15) is 0 Å². The third-order valence-electron chi connectivity index (χ3n) is 3.88. The maximum atomic E-state index is 5.65. The summed E-state index contributed by atoms with van der Waals surface area (Å²) in [5, 5.41) is 3.55. The van der Waals surface area contributed by atoms with Gasteiger partial charge in [-0.3, -0.25) is 0 Å². The molecular formula is C16H23NO2. The number of benzene rings is 1. The van der Waals surface area contributed by atoms with Crippen LogP contribution in [0.1, 0.15) is 31.7 Å². The minimum Gasteiger partial charge on any atom is -0.486 e. The zero-order chi connectivity index (χ0) is 13.2. The molecule has 0 bridgehead atoms. The summed E-state index contributed by atoms with van der Waals surface area (Å²) in [5.74, 6) is 4.04. The lowest BCUT2D eigenvalue weighted by Crippen LogP contribution is -2.22. The van der Waals surface area contributed by atoms with Crippen molar-refractivity contribution in [1.29, 1.82) is 0 Å². The molecule has 0 spiro atoms. The van der Waals surface area contributed by atoms with E-state index < -0.39 is 0 Å². The average molecular weight is 261 g/mol. The van der Waals surface area contributed by atoms with E-state index in [-0.39, 0.29) is 0 Å². The summed E-state index contributed by atoms with van der Waals surface area (Å²) >= 11 is 0. The van der Waals surface area contributed by atoms with Crippen molar-refractivity contribution in [1.82, 2.24) is 5.32 Å². The van der Waals surface area contributed by atoms with Gasteiger partial charge in [0.2, 0.25) is 0 Å². The molecule has 2 unspecified atom stereocenters. The molecule has 1 aromatic carbocycles. The van der Waals surface area contributed by atoms with Gasteiger partial charge in [-0.2, -0.15) is 0 Å². The van der Waals surface area contributed by atoms with Gasteiger partial charge in [0.25, 0.3) is 0 Å². The molecule has 3 nitrogen and oxygen atoms in total. The molecule has 19 heavy (non-hydrogen) atoms. The summed E-state index contributed by atoms with van der Waals surface area (Å²) in [6.07, 6.45) is 1.30. The smallest absolute Gasteiger partial charge is 0.161 e. The largest absolute Gasteiger partial charge is 0.486 e. The first-order valence-corrected chi connectivity index (χ1v) is 7.34. The van der Waals surface area contributed by atoms with E-state index in [0.29, 0.717) is 19.1 Å². The van der Waals surface area contributed by atoms with Crippen LogP contribution in [0.15, 0.2) is 18.2 Å². The maximum Gasteiger partial charge on any atom is 0.161 e. The van der Waals surface area contributed by atoms with Crippen LogP contribution >= 0.6 is 0 Å². The Labute approximate surface area is 115 Å². The van der Waals surface area contributed by atoms with Crippen LogP contribution in [0.4, 0.5) is 0 Å². The van der Waals surface area contributed by atoms with Crippen molar-refractivity contribution >= 4 is 0 Å². The Kier molecular flexibility index (Phi) is 3.65. The number of hydrogen-bond donors (Lipinski definition) is 1. The lowest BCUT2D eigenvalue weighted by molar-refractivity contribution is 0.171. The Hall–Kier alpha value is -1.22. The molecule has 3 rings (SSSR count). The molecule has 0 amide bonds. The number of fused-ring (bicyclic) bond motifs is 1. The first-order chi connectivity index (χ1) is 9.24.